The van der Waals surface area contributed by atoms with Gasteiger partial charge >= 0.3 is 0 Å². The highest BCUT2D eigenvalue weighted by molar-refractivity contribution is 5.80. The van der Waals surface area contributed by atoms with E-state index < -0.39 is 0 Å². The molecule has 4 heteroatoms. The number of rotatable bonds is 4. The maximum absolute atomic E-state index is 9.19. The van der Waals surface area contributed by atoms with Crippen LogP contribution in [0.2, 0.25) is 0 Å². The van der Waals surface area contributed by atoms with Crippen molar-refractivity contribution in [2.45, 2.75) is 6.42 Å². The van der Waals surface area contributed by atoms with E-state index >= 15 is 0 Å². The molecule has 0 aliphatic heterocycles. The van der Waals surface area contributed by atoms with E-state index in [-0.39, 0.29) is 6.61 Å². The number of methoxy groups -OCH3 is 1. The Labute approximate surface area is 112 Å². The Kier molecular flexibility index (Phi) is 3.92. The zero-order chi connectivity index (χ0) is 13.8. The molecule has 0 bridgehead atoms. The summed E-state index contributed by atoms with van der Waals surface area (Å²) in [7, 11) is 1.63. The van der Waals surface area contributed by atoms with Crippen LogP contribution in [0, 0.1) is 0 Å². The summed E-state index contributed by atoms with van der Waals surface area (Å²) in [6.07, 6.45) is 0.486. The first-order chi connectivity index (χ1) is 9.17. The molecule has 0 fully saturated rings. The molecule has 0 heterocycles. The number of anilines is 2. The summed E-state index contributed by atoms with van der Waals surface area (Å²) in [5, 5.41) is 9.19. The number of para-hydroxylation sites is 1. The average Bonchev–Trinajstić information content (AvgIpc) is 2.41. The fourth-order valence-electron chi connectivity index (χ4n) is 2.22. The second kappa shape index (κ2) is 5.63. The molecule has 0 aromatic heterocycles. The van der Waals surface area contributed by atoms with Gasteiger partial charge in [-0.2, -0.15) is 0 Å². The van der Waals surface area contributed by atoms with Crippen LogP contribution in [0.5, 0.6) is 5.75 Å². The molecular formula is C15H18N2O2. The Morgan fingerprint density at radius 1 is 1.11 bits per heavy atom. The van der Waals surface area contributed by atoms with Gasteiger partial charge in [-0.3, -0.25) is 0 Å². The van der Waals surface area contributed by atoms with Crippen molar-refractivity contribution in [2.75, 3.05) is 25.2 Å². The first-order valence-electron chi connectivity index (χ1n) is 6.09. The van der Waals surface area contributed by atoms with Gasteiger partial charge in [-0.25, -0.2) is 0 Å². The predicted octanol–water partition coefficient (Wildman–Crippen LogP) is 2.06. The number of hydrogen-bond acceptors (Lipinski definition) is 4. The first kappa shape index (κ1) is 13.2. The van der Waals surface area contributed by atoms with E-state index in [9.17, 15) is 5.11 Å². The van der Waals surface area contributed by atoms with E-state index in [0.717, 1.165) is 22.4 Å². The normalized spacial score (nSPS) is 10.4. The van der Waals surface area contributed by atoms with Crippen LogP contribution < -0.4 is 16.2 Å². The Hall–Kier alpha value is -2.20. The predicted molar refractivity (Wildman–Crippen MR) is 78.0 cm³/mol. The van der Waals surface area contributed by atoms with Crippen LogP contribution in [-0.2, 0) is 6.42 Å². The number of nitrogens with two attached hydrogens (primary N) is 2. The van der Waals surface area contributed by atoms with Crippen molar-refractivity contribution >= 4 is 11.4 Å². The quantitative estimate of drug-likeness (QED) is 0.733. The summed E-state index contributed by atoms with van der Waals surface area (Å²) >= 11 is 0. The Balaban J connectivity index is 2.66. The van der Waals surface area contributed by atoms with Crippen molar-refractivity contribution in [2.24, 2.45) is 0 Å². The molecular weight excluding hydrogens is 240 g/mol. The minimum absolute atomic E-state index is 0.0380. The lowest BCUT2D eigenvalue weighted by Crippen LogP contribution is -2.03. The van der Waals surface area contributed by atoms with Crippen LogP contribution in [-0.4, -0.2) is 18.8 Å². The highest BCUT2D eigenvalue weighted by Crippen LogP contribution is 2.36. The molecule has 0 aliphatic carbocycles. The molecule has 0 aliphatic rings. The van der Waals surface area contributed by atoms with Gasteiger partial charge in [-0.05, 0) is 35.7 Å². The molecule has 0 radical (unpaired) electrons. The van der Waals surface area contributed by atoms with Gasteiger partial charge in [0.15, 0.2) is 0 Å². The standard InChI is InChI=1S/C15H18N2O2/c1-19-15-5-3-2-4-12(15)13-8-10(16)9-14(17)11(13)6-7-18/h2-5,8-9,18H,6-7,16-17H2,1H3. The van der Waals surface area contributed by atoms with Crippen LogP contribution in [0.25, 0.3) is 11.1 Å². The molecule has 100 valence electrons. The number of aliphatic hydroxyl groups excluding tert-OH is 1. The minimum atomic E-state index is 0.0380. The van der Waals surface area contributed by atoms with Gasteiger partial charge in [0.2, 0.25) is 0 Å². The van der Waals surface area contributed by atoms with Gasteiger partial charge in [0, 0.05) is 23.5 Å². The maximum atomic E-state index is 9.19. The Morgan fingerprint density at radius 2 is 1.84 bits per heavy atom. The molecule has 2 aromatic rings. The molecule has 0 unspecified atom stereocenters. The second-order valence-electron chi connectivity index (χ2n) is 4.31. The lowest BCUT2D eigenvalue weighted by atomic mass is 9.95. The molecule has 0 saturated carbocycles. The van der Waals surface area contributed by atoms with Gasteiger partial charge < -0.3 is 21.3 Å². The third-order valence-corrected chi connectivity index (χ3v) is 3.07. The highest BCUT2D eigenvalue weighted by atomic mass is 16.5. The Bertz CT molecular complexity index is 582. The molecule has 0 spiro atoms. The summed E-state index contributed by atoms with van der Waals surface area (Å²) in [4.78, 5) is 0. The fourth-order valence-corrected chi connectivity index (χ4v) is 2.22. The SMILES string of the molecule is COc1ccccc1-c1cc(N)cc(N)c1CCO. The average molecular weight is 258 g/mol. The van der Waals surface area contributed by atoms with E-state index in [1.165, 1.54) is 0 Å². The van der Waals surface area contributed by atoms with Gasteiger partial charge in [-0.1, -0.05) is 18.2 Å². The molecule has 4 nitrogen and oxygen atoms in total. The van der Waals surface area contributed by atoms with E-state index in [1.54, 1.807) is 13.2 Å². The minimum Gasteiger partial charge on any atom is -0.496 e. The smallest absolute Gasteiger partial charge is 0.126 e. The topological polar surface area (TPSA) is 81.5 Å². The summed E-state index contributed by atoms with van der Waals surface area (Å²) < 4.78 is 5.37. The largest absolute Gasteiger partial charge is 0.496 e. The molecule has 5 N–H and O–H groups in total. The monoisotopic (exact) mass is 258 g/mol. The van der Waals surface area contributed by atoms with Crippen molar-refractivity contribution in [3.05, 3.63) is 42.0 Å². The zero-order valence-corrected chi connectivity index (χ0v) is 10.9. The molecule has 0 saturated heterocycles. The third-order valence-electron chi connectivity index (χ3n) is 3.07. The van der Waals surface area contributed by atoms with Gasteiger partial charge in [-0.15, -0.1) is 0 Å². The van der Waals surface area contributed by atoms with E-state index in [0.29, 0.717) is 17.8 Å². The van der Waals surface area contributed by atoms with Crippen molar-refractivity contribution in [1.29, 1.82) is 0 Å². The van der Waals surface area contributed by atoms with Crippen LogP contribution in [0.3, 0.4) is 0 Å². The Morgan fingerprint density at radius 3 is 2.53 bits per heavy atom. The molecule has 19 heavy (non-hydrogen) atoms. The third kappa shape index (κ3) is 2.63. The van der Waals surface area contributed by atoms with E-state index in [4.69, 9.17) is 16.2 Å². The lowest BCUT2D eigenvalue weighted by Gasteiger charge is -2.15. The van der Waals surface area contributed by atoms with Crippen molar-refractivity contribution in [3.8, 4) is 16.9 Å². The van der Waals surface area contributed by atoms with Crippen LogP contribution >= 0.6 is 0 Å². The molecule has 0 amide bonds. The first-order valence-corrected chi connectivity index (χ1v) is 6.09. The molecule has 2 aromatic carbocycles. The molecule has 2 rings (SSSR count). The van der Waals surface area contributed by atoms with Gasteiger partial charge in [0.05, 0.1) is 7.11 Å². The van der Waals surface area contributed by atoms with Gasteiger partial charge in [0.1, 0.15) is 5.75 Å². The van der Waals surface area contributed by atoms with Crippen molar-refractivity contribution in [3.63, 3.8) is 0 Å². The summed E-state index contributed by atoms with van der Waals surface area (Å²) in [6, 6.07) is 11.2. The maximum Gasteiger partial charge on any atom is 0.126 e. The second-order valence-corrected chi connectivity index (χ2v) is 4.31. The molecule has 0 atom stereocenters. The highest BCUT2D eigenvalue weighted by Gasteiger charge is 2.13. The number of nitrogen functional groups attached to an aromatic ring is 2. The lowest BCUT2D eigenvalue weighted by molar-refractivity contribution is 0.300. The van der Waals surface area contributed by atoms with Crippen LogP contribution in [0.15, 0.2) is 36.4 Å². The summed E-state index contributed by atoms with van der Waals surface area (Å²) in [5.74, 6) is 0.756. The van der Waals surface area contributed by atoms with Gasteiger partial charge in [0.25, 0.3) is 0 Å². The number of benzene rings is 2. The van der Waals surface area contributed by atoms with E-state index in [1.807, 2.05) is 30.3 Å². The van der Waals surface area contributed by atoms with Crippen molar-refractivity contribution in [1.82, 2.24) is 0 Å². The number of aliphatic hydroxyl groups is 1. The zero-order valence-electron chi connectivity index (χ0n) is 10.9. The summed E-state index contributed by atoms with van der Waals surface area (Å²) in [6.45, 7) is 0.0380. The number of ether oxygens (including phenoxy) is 1. The fraction of sp³-hybridized carbons (Fsp3) is 0.200. The van der Waals surface area contributed by atoms with Crippen LogP contribution in [0.4, 0.5) is 11.4 Å². The van der Waals surface area contributed by atoms with E-state index in [2.05, 4.69) is 0 Å². The van der Waals surface area contributed by atoms with Crippen LogP contribution in [0.1, 0.15) is 5.56 Å². The van der Waals surface area contributed by atoms with Crippen molar-refractivity contribution < 1.29 is 9.84 Å². The summed E-state index contributed by atoms with van der Waals surface area (Å²) in [5.41, 5.74) is 15.8. The number of hydrogen-bond donors (Lipinski definition) is 3.